The fourth-order valence-corrected chi connectivity index (χ4v) is 3.99. The van der Waals surface area contributed by atoms with E-state index in [1.807, 2.05) is 20.8 Å². The van der Waals surface area contributed by atoms with Crippen LogP contribution >= 0.6 is 23.2 Å². The van der Waals surface area contributed by atoms with Gasteiger partial charge < -0.3 is 14.8 Å². The molecule has 1 N–H and O–H groups in total. The van der Waals surface area contributed by atoms with Crippen LogP contribution in [0.2, 0.25) is 5.02 Å². The number of halogens is 2. The van der Waals surface area contributed by atoms with Gasteiger partial charge in [-0.3, -0.25) is 9.59 Å². The molecule has 184 valence electrons. The fourth-order valence-electron chi connectivity index (χ4n) is 3.67. The quantitative estimate of drug-likeness (QED) is 0.231. The minimum Gasteiger partial charge on any atom is -0.494 e. The molecular weight excluding hydrogens is 503 g/mol. The Kier molecular flexibility index (Phi) is 7.33. The summed E-state index contributed by atoms with van der Waals surface area (Å²) in [5, 5.41) is 3.28. The Morgan fingerprint density at radius 3 is 2.08 bits per heavy atom. The first-order chi connectivity index (χ1) is 17.2. The van der Waals surface area contributed by atoms with Gasteiger partial charge >= 0.3 is 5.97 Å². The maximum Gasteiger partial charge on any atom is 0.343 e. The third kappa shape index (κ3) is 5.08. The SMILES string of the molecule is CCOc1ccc(N2C(=O)C(Cl)=C(Nc3ccc(C(=O)Oc4cc(C)c(Cl)c(C)c4)cc3)C2=O)cc1. The van der Waals surface area contributed by atoms with Crippen molar-refractivity contribution >= 4 is 52.4 Å². The normalized spacial score (nSPS) is 13.3. The van der Waals surface area contributed by atoms with Crippen LogP contribution in [0.5, 0.6) is 11.5 Å². The maximum atomic E-state index is 13.0. The Labute approximate surface area is 218 Å². The Hall–Kier alpha value is -3.81. The number of amides is 2. The van der Waals surface area contributed by atoms with E-state index >= 15 is 0 Å². The van der Waals surface area contributed by atoms with Crippen molar-refractivity contribution in [2.24, 2.45) is 0 Å². The standard InChI is InChI=1S/C27H22Cl2N2O5/c1-4-35-20-11-9-19(10-12-20)31-25(32)23(29)24(26(31)33)30-18-7-5-17(6-8-18)27(34)36-21-13-15(2)22(28)16(3)14-21/h5-14,30H,4H2,1-3H3. The topological polar surface area (TPSA) is 84.9 Å². The van der Waals surface area contributed by atoms with Crippen LogP contribution in [0.1, 0.15) is 28.4 Å². The van der Waals surface area contributed by atoms with Crippen LogP contribution in [0, 0.1) is 13.8 Å². The largest absolute Gasteiger partial charge is 0.494 e. The predicted octanol–water partition coefficient (Wildman–Crippen LogP) is 6.01. The molecule has 7 nitrogen and oxygen atoms in total. The van der Waals surface area contributed by atoms with E-state index in [-0.39, 0.29) is 10.7 Å². The molecule has 0 unspecified atom stereocenters. The molecular formula is C27H22Cl2N2O5. The molecule has 36 heavy (non-hydrogen) atoms. The highest BCUT2D eigenvalue weighted by atomic mass is 35.5. The average Bonchev–Trinajstić information content (AvgIpc) is 3.06. The van der Waals surface area contributed by atoms with E-state index in [0.29, 0.717) is 40.1 Å². The van der Waals surface area contributed by atoms with Crippen LogP contribution in [-0.4, -0.2) is 24.4 Å². The molecule has 1 heterocycles. The maximum absolute atomic E-state index is 13.0. The van der Waals surface area contributed by atoms with Crippen molar-refractivity contribution in [3.63, 3.8) is 0 Å². The lowest BCUT2D eigenvalue weighted by atomic mass is 10.1. The van der Waals surface area contributed by atoms with E-state index in [1.165, 1.54) is 0 Å². The molecule has 0 saturated carbocycles. The van der Waals surface area contributed by atoms with Gasteiger partial charge in [0.05, 0.1) is 17.9 Å². The van der Waals surface area contributed by atoms with E-state index < -0.39 is 17.8 Å². The van der Waals surface area contributed by atoms with Gasteiger partial charge in [-0.2, -0.15) is 0 Å². The number of hydrogen-bond donors (Lipinski definition) is 1. The molecule has 4 rings (SSSR count). The van der Waals surface area contributed by atoms with Gasteiger partial charge in [-0.05, 0) is 92.6 Å². The van der Waals surface area contributed by atoms with Gasteiger partial charge in [0.2, 0.25) is 0 Å². The minimum atomic E-state index is -0.637. The molecule has 2 amide bonds. The molecule has 0 saturated heterocycles. The van der Waals surface area contributed by atoms with Gasteiger partial charge in [0.1, 0.15) is 22.2 Å². The Morgan fingerprint density at radius 1 is 0.889 bits per heavy atom. The van der Waals surface area contributed by atoms with E-state index in [2.05, 4.69) is 5.32 Å². The van der Waals surface area contributed by atoms with Gasteiger partial charge in [-0.15, -0.1) is 0 Å². The zero-order valence-corrected chi connectivity index (χ0v) is 21.2. The van der Waals surface area contributed by atoms with Gasteiger partial charge in [0, 0.05) is 10.7 Å². The van der Waals surface area contributed by atoms with Gasteiger partial charge in [0.15, 0.2) is 0 Å². The summed E-state index contributed by atoms with van der Waals surface area (Å²) in [6, 6.07) is 16.2. The van der Waals surface area contributed by atoms with Crippen molar-refractivity contribution in [3.05, 3.63) is 93.1 Å². The van der Waals surface area contributed by atoms with Crippen LogP contribution in [0.3, 0.4) is 0 Å². The number of nitrogens with zero attached hydrogens (tertiary/aromatic N) is 1. The molecule has 0 radical (unpaired) electrons. The number of imide groups is 1. The molecule has 0 aromatic heterocycles. The summed E-state index contributed by atoms with van der Waals surface area (Å²) in [5.41, 5.74) is 2.69. The molecule has 0 spiro atoms. The molecule has 3 aromatic carbocycles. The molecule has 9 heteroatoms. The first-order valence-corrected chi connectivity index (χ1v) is 11.8. The van der Waals surface area contributed by atoms with Crippen molar-refractivity contribution < 1.29 is 23.9 Å². The van der Waals surface area contributed by atoms with Crippen molar-refractivity contribution in [2.45, 2.75) is 20.8 Å². The summed E-state index contributed by atoms with van der Waals surface area (Å²) in [7, 11) is 0. The van der Waals surface area contributed by atoms with Gasteiger partial charge in [-0.1, -0.05) is 23.2 Å². The van der Waals surface area contributed by atoms with Crippen LogP contribution < -0.4 is 19.7 Å². The molecule has 0 atom stereocenters. The Balaban J connectivity index is 1.46. The van der Waals surface area contributed by atoms with Crippen molar-refractivity contribution in [1.82, 2.24) is 0 Å². The van der Waals surface area contributed by atoms with Crippen LogP contribution in [0.25, 0.3) is 0 Å². The lowest BCUT2D eigenvalue weighted by Gasteiger charge is -2.15. The number of rotatable bonds is 7. The first kappa shape index (κ1) is 25.3. The molecule has 0 bridgehead atoms. The number of carbonyl (C=O) groups excluding carboxylic acids is 3. The highest BCUT2D eigenvalue weighted by Gasteiger charge is 2.39. The van der Waals surface area contributed by atoms with Crippen molar-refractivity contribution in [2.75, 3.05) is 16.8 Å². The predicted molar refractivity (Wildman–Crippen MR) is 139 cm³/mol. The molecule has 0 fully saturated rings. The number of nitrogens with one attached hydrogen (secondary N) is 1. The van der Waals surface area contributed by atoms with Crippen LogP contribution in [0.4, 0.5) is 11.4 Å². The average molecular weight is 525 g/mol. The lowest BCUT2D eigenvalue weighted by Crippen LogP contribution is -2.32. The van der Waals surface area contributed by atoms with Crippen molar-refractivity contribution in [3.8, 4) is 11.5 Å². The van der Waals surface area contributed by atoms with Crippen molar-refractivity contribution in [1.29, 1.82) is 0 Å². The van der Waals surface area contributed by atoms with E-state index in [1.54, 1.807) is 60.7 Å². The fraction of sp³-hybridized carbons (Fsp3) is 0.148. The summed E-state index contributed by atoms with van der Waals surface area (Å²) >= 11 is 12.4. The number of esters is 1. The van der Waals surface area contributed by atoms with E-state index in [9.17, 15) is 14.4 Å². The molecule has 3 aromatic rings. The highest BCUT2D eigenvalue weighted by Crippen LogP contribution is 2.31. The number of benzene rings is 3. The van der Waals surface area contributed by atoms with Gasteiger partial charge in [-0.25, -0.2) is 9.69 Å². The third-order valence-corrected chi connectivity index (χ3v) is 6.39. The van der Waals surface area contributed by atoms with E-state index in [4.69, 9.17) is 32.7 Å². The summed E-state index contributed by atoms with van der Waals surface area (Å²) in [6.45, 7) is 6.03. The summed E-state index contributed by atoms with van der Waals surface area (Å²) < 4.78 is 10.9. The zero-order chi connectivity index (χ0) is 26.0. The summed E-state index contributed by atoms with van der Waals surface area (Å²) in [6.07, 6.45) is 0. The molecule has 1 aliphatic heterocycles. The highest BCUT2D eigenvalue weighted by molar-refractivity contribution is 6.53. The Morgan fingerprint density at radius 2 is 1.50 bits per heavy atom. The second-order valence-electron chi connectivity index (χ2n) is 8.02. The third-order valence-electron chi connectivity index (χ3n) is 5.44. The smallest absolute Gasteiger partial charge is 0.343 e. The monoisotopic (exact) mass is 524 g/mol. The second kappa shape index (κ2) is 10.4. The Bertz CT molecular complexity index is 1360. The van der Waals surface area contributed by atoms with Crippen LogP contribution in [-0.2, 0) is 9.59 Å². The summed E-state index contributed by atoms with van der Waals surface area (Å²) in [4.78, 5) is 39.2. The lowest BCUT2D eigenvalue weighted by molar-refractivity contribution is -0.120. The number of ether oxygens (including phenoxy) is 2. The van der Waals surface area contributed by atoms with Gasteiger partial charge in [0.25, 0.3) is 11.8 Å². The zero-order valence-electron chi connectivity index (χ0n) is 19.7. The second-order valence-corrected chi connectivity index (χ2v) is 8.78. The number of carbonyl (C=O) groups is 3. The summed E-state index contributed by atoms with van der Waals surface area (Å²) in [5.74, 6) is -0.761. The number of aryl methyl sites for hydroxylation is 2. The number of hydrogen-bond acceptors (Lipinski definition) is 6. The van der Waals surface area contributed by atoms with E-state index in [0.717, 1.165) is 16.0 Å². The number of anilines is 2. The minimum absolute atomic E-state index is 0.0574. The molecule has 0 aliphatic carbocycles. The first-order valence-electron chi connectivity index (χ1n) is 11.1. The molecule has 1 aliphatic rings. The van der Waals surface area contributed by atoms with Crippen LogP contribution in [0.15, 0.2) is 71.4 Å².